The van der Waals surface area contributed by atoms with Gasteiger partial charge in [-0.15, -0.1) is 0 Å². The molecule has 0 saturated carbocycles. The minimum Gasteiger partial charge on any atom is -0.392 e. The lowest BCUT2D eigenvalue weighted by Gasteiger charge is -2.36. The van der Waals surface area contributed by atoms with Crippen LogP contribution >= 0.6 is 11.6 Å². The molecule has 21 heavy (non-hydrogen) atoms. The zero-order chi connectivity index (χ0) is 15.6. The Balaban J connectivity index is 2.17. The topological polar surface area (TPSA) is 60.9 Å². The van der Waals surface area contributed by atoms with Crippen molar-refractivity contribution in [2.75, 3.05) is 26.2 Å². The molecule has 1 aromatic carbocycles. The van der Waals surface area contributed by atoms with E-state index in [-0.39, 0.29) is 16.5 Å². The molecule has 1 heterocycles. The summed E-state index contributed by atoms with van der Waals surface area (Å²) < 4.78 is 26.7. The summed E-state index contributed by atoms with van der Waals surface area (Å²) in [6.07, 6.45) is 0. The standard InChI is InChI=1S/C14H21ClN2O3S/c1-11(2)16-5-7-17(8-6-16)21(19,20)13-4-3-12(10-18)14(15)9-13/h3-4,9,11,18H,5-8,10H2,1-2H3. The van der Waals surface area contributed by atoms with Crippen molar-refractivity contribution in [2.24, 2.45) is 0 Å². The Morgan fingerprint density at radius 3 is 2.33 bits per heavy atom. The first-order valence-corrected chi connectivity index (χ1v) is 8.81. The summed E-state index contributed by atoms with van der Waals surface area (Å²) in [5, 5.41) is 9.37. The van der Waals surface area contributed by atoms with E-state index in [9.17, 15) is 8.42 Å². The van der Waals surface area contributed by atoms with Gasteiger partial charge in [-0.25, -0.2) is 8.42 Å². The minimum atomic E-state index is -3.52. The molecule has 0 radical (unpaired) electrons. The van der Waals surface area contributed by atoms with E-state index in [1.807, 2.05) is 0 Å². The zero-order valence-corrected chi connectivity index (χ0v) is 13.9. The van der Waals surface area contributed by atoms with E-state index >= 15 is 0 Å². The second kappa shape index (κ2) is 6.62. The number of piperazine rings is 1. The SMILES string of the molecule is CC(C)N1CCN(S(=O)(=O)c2ccc(CO)c(Cl)c2)CC1. The van der Waals surface area contributed by atoms with Gasteiger partial charge in [0.15, 0.2) is 0 Å². The highest BCUT2D eigenvalue weighted by Crippen LogP contribution is 2.24. The maximum absolute atomic E-state index is 12.6. The predicted octanol–water partition coefficient (Wildman–Crippen LogP) is 1.55. The molecule has 1 fully saturated rings. The van der Waals surface area contributed by atoms with E-state index in [4.69, 9.17) is 16.7 Å². The van der Waals surface area contributed by atoms with Gasteiger partial charge in [-0.2, -0.15) is 4.31 Å². The molecule has 0 amide bonds. The number of aliphatic hydroxyl groups excluding tert-OH is 1. The molecule has 5 nitrogen and oxygen atoms in total. The van der Waals surface area contributed by atoms with Crippen LogP contribution in [0.1, 0.15) is 19.4 Å². The summed E-state index contributed by atoms with van der Waals surface area (Å²) >= 11 is 5.99. The van der Waals surface area contributed by atoms with Crippen LogP contribution in [0, 0.1) is 0 Å². The predicted molar refractivity (Wildman–Crippen MR) is 82.8 cm³/mol. The highest BCUT2D eigenvalue weighted by Gasteiger charge is 2.29. The highest BCUT2D eigenvalue weighted by molar-refractivity contribution is 7.89. The number of hydrogen-bond acceptors (Lipinski definition) is 4. The first-order valence-electron chi connectivity index (χ1n) is 6.99. The van der Waals surface area contributed by atoms with Gasteiger partial charge in [-0.1, -0.05) is 17.7 Å². The monoisotopic (exact) mass is 332 g/mol. The average molecular weight is 333 g/mol. The van der Waals surface area contributed by atoms with Gasteiger partial charge >= 0.3 is 0 Å². The Labute approximate surface area is 131 Å². The van der Waals surface area contributed by atoms with Gasteiger partial charge in [0.2, 0.25) is 10.0 Å². The maximum Gasteiger partial charge on any atom is 0.243 e. The summed E-state index contributed by atoms with van der Waals surface area (Å²) in [6.45, 7) is 6.46. The highest BCUT2D eigenvalue weighted by atomic mass is 35.5. The average Bonchev–Trinajstić information content (AvgIpc) is 2.47. The molecule has 1 N–H and O–H groups in total. The van der Waals surface area contributed by atoms with Crippen LogP contribution in [0.15, 0.2) is 23.1 Å². The van der Waals surface area contributed by atoms with Gasteiger partial charge in [0, 0.05) is 37.2 Å². The van der Waals surface area contributed by atoms with Crippen LogP contribution in [-0.2, 0) is 16.6 Å². The van der Waals surface area contributed by atoms with Gasteiger partial charge in [0.25, 0.3) is 0 Å². The van der Waals surface area contributed by atoms with Crippen molar-refractivity contribution < 1.29 is 13.5 Å². The molecule has 0 spiro atoms. The smallest absolute Gasteiger partial charge is 0.243 e. The quantitative estimate of drug-likeness (QED) is 0.908. The molecule has 0 atom stereocenters. The molecule has 2 rings (SSSR count). The fourth-order valence-electron chi connectivity index (χ4n) is 2.43. The molecule has 1 saturated heterocycles. The number of sulfonamides is 1. The molecule has 1 aliphatic rings. The largest absolute Gasteiger partial charge is 0.392 e. The molecular weight excluding hydrogens is 312 g/mol. The second-order valence-electron chi connectivity index (χ2n) is 5.45. The Morgan fingerprint density at radius 1 is 1.24 bits per heavy atom. The molecular formula is C14H21ClN2O3S. The molecule has 118 valence electrons. The van der Waals surface area contributed by atoms with E-state index in [0.29, 0.717) is 24.7 Å². The van der Waals surface area contributed by atoms with Crippen molar-refractivity contribution in [1.29, 1.82) is 0 Å². The Morgan fingerprint density at radius 2 is 1.86 bits per heavy atom. The summed E-state index contributed by atoms with van der Waals surface area (Å²) in [5.74, 6) is 0. The molecule has 0 aliphatic carbocycles. The third-order valence-corrected chi connectivity index (χ3v) is 6.08. The van der Waals surface area contributed by atoms with Gasteiger partial charge in [-0.05, 0) is 31.5 Å². The van der Waals surface area contributed by atoms with Crippen LogP contribution in [0.3, 0.4) is 0 Å². The molecule has 0 bridgehead atoms. The van der Waals surface area contributed by atoms with Crippen LogP contribution in [-0.4, -0.2) is 55.0 Å². The van der Waals surface area contributed by atoms with E-state index in [1.165, 1.54) is 16.4 Å². The van der Waals surface area contributed by atoms with Crippen LogP contribution in [0.25, 0.3) is 0 Å². The van der Waals surface area contributed by atoms with Gasteiger partial charge in [0.05, 0.1) is 11.5 Å². The van der Waals surface area contributed by atoms with Gasteiger partial charge in [0.1, 0.15) is 0 Å². The first-order chi connectivity index (χ1) is 9.86. The minimum absolute atomic E-state index is 0.183. The molecule has 0 unspecified atom stereocenters. The number of hydrogen-bond donors (Lipinski definition) is 1. The lowest BCUT2D eigenvalue weighted by Crippen LogP contribution is -2.50. The number of halogens is 1. The fourth-order valence-corrected chi connectivity index (χ4v) is 4.18. The number of benzene rings is 1. The first kappa shape index (κ1) is 16.7. The van der Waals surface area contributed by atoms with Crippen molar-refractivity contribution in [3.63, 3.8) is 0 Å². The third-order valence-electron chi connectivity index (χ3n) is 3.84. The molecule has 7 heteroatoms. The van der Waals surface area contributed by atoms with E-state index < -0.39 is 10.0 Å². The third kappa shape index (κ3) is 3.57. The van der Waals surface area contributed by atoms with Crippen molar-refractivity contribution >= 4 is 21.6 Å². The molecule has 1 aromatic rings. The fraction of sp³-hybridized carbons (Fsp3) is 0.571. The zero-order valence-electron chi connectivity index (χ0n) is 12.3. The number of nitrogens with zero attached hydrogens (tertiary/aromatic N) is 2. The lowest BCUT2D eigenvalue weighted by molar-refractivity contribution is 0.154. The lowest BCUT2D eigenvalue weighted by atomic mass is 10.2. The maximum atomic E-state index is 12.6. The van der Waals surface area contributed by atoms with Crippen molar-refractivity contribution in [3.8, 4) is 0 Å². The van der Waals surface area contributed by atoms with Crippen LogP contribution in [0.4, 0.5) is 0 Å². The Hall–Kier alpha value is -0.660. The normalized spacial score (nSPS) is 18.3. The Kier molecular flexibility index (Phi) is 5.27. The van der Waals surface area contributed by atoms with Crippen LogP contribution in [0.5, 0.6) is 0 Å². The Bertz CT molecular complexity index is 596. The van der Waals surface area contributed by atoms with E-state index in [2.05, 4.69) is 18.7 Å². The van der Waals surface area contributed by atoms with E-state index in [0.717, 1.165) is 13.1 Å². The van der Waals surface area contributed by atoms with Crippen molar-refractivity contribution in [3.05, 3.63) is 28.8 Å². The summed E-state index contributed by atoms with van der Waals surface area (Å²) in [4.78, 5) is 2.44. The van der Waals surface area contributed by atoms with Crippen molar-refractivity contribution in [1.82, 2.24) is 9.21 Å². The second-order valence-corrected chi connectivity index (χ2v) is 7.79. The molecule has 0 aromatic heterocycles. The van der Waals surface area contributed by atoms with Gasteiger partial charge in [-0.3, -0.25) is 4.90 Å². The number of rotatable bonds is 4. The van der Waals surface area contributed by atoms with Gasteiger partial charge < -0.3 is 5.11 Å². The summed E-state index contributed by atoms with van der Waals surface area (Å²) in [5.41, 5.74) is 0.528. The van der Waals surface area contributed by atoms with Crippen LogP contribution in [0.2, 0.25) is 5.02 Å². The van der Waals surface area contributed by atoms with Crippen molar-refractivity contribution in [2.45, 2.75) is 31.4 Å². The number of aliphatic hydroxyl groups is 1. The summed E-state index contributed by atoms with van der Waals surface area (Å²) in [7, 11) is -3.52. The van der Waals surface area contributed by atoms with E-state index in [1.54, 1.807) is 6.07 Å². The molecule has 1 aliphatic heterocycles. The summed E-state index contributed by atoms with van der Waals surface area (Å²) in [6, 6.07) is 4.89. The van der Waals surface area contributed by atoms with Crippen LogP contribution < -0.4 is 0 Å².